The number of hydrogen-bond donors (Lipinski definition) is 0. The average Bonchev–Trinajstić information content (AvgIpc) is 2.89. The molecule has 1 fully saturated rings. The van der Waals surface area contributed by atoms with E-state index in [1.54, 1.807) is 48.6 Å². The standard InChI is InChI=1S/C31H30F4O/c1-3-4-19-36-27-18-17-26(30(34)31(27)35)23-12-7-21(8-13-23)9-14-24-15-16-25(29(33)28(24)32)22-10-5-20(2)6-11-22/h3,7-9,12-18,20,22H,1,4-6,10-11,19H2,2H3/b14-9+. The van der Waals surface area contributed by atoms with Gasteiger partial charge in [0.1, 0.15) is 0 Å². The van der Waals surface area contributed by atoms with Crippen LogP contribution in [0.2, 0.25) is 0 Å². The van der Waals surface area contributed by atoms with Gasteiger partial charge in [0.15, 0.2) is 23.2 Å². The Labute approximate surface area is 210 Å². The Morgan fingerprint density at radius 1 is 0.806 bits per heavy atom. The first-order chi connectivity index (χ1) is 17.4. The smallest absolute Gasteiger partial charge is 0.201 e. The number of ether oxygens (including phenoxy) is 1. The molecule has 5 heteroatoms. The molecule has 0 bridgehead atoms. The van der Waals surface area contributed by atoms with Crippen molar-refractivity contribution in [2.24, 2.45) is 5.92 Å². The van der Waals surface area contributed by atoms with Crippen LogP contribution in [0.3, 0.4) is 0 Å². The van der Waals surface area contributed by atoms with E-state index in [9.17, 15) is 17.6 Å². The quantitative estimate of drug-likeness (QED) is 0.131. The average molecular weight is 495 g/mol. The van der Waals surface area contributed by atoms with Crippen molar-refractivity contribution < 1.29 is 22.3 Å². The highest BCUT2D eigenvalue weighted by molar-refractivity contribution is 5.73. The summed E-state index contributed by atoms with van der Waals surface area (Å²) in [6, 6.07) is 12.9. The van der Waals surface area contributed by atoms with Gasteiger partial charge in [0.2, 0.25) is 5.82 Å². The molecule has 0 aromatic heterocycles. The molecule has 1 nitrogen and oxygen atoms in total. The third-order valence-electron chi connectivity index (χ3n) is 6.90. The summed E-state index contributed by atoms with van der Waals surface area (Å²) in [5, 5.41) is 0. The van der Waals surface area contributed by atoms with Crippen molar-refractivity contribution in [3.8, 4) is 16.9 Å². The zero-order valence-corrected chi connectivity index (χ0v) is 20.4. The minimum atomic E-state index is -1.04. The first kappa shape index (κ1) is 25.7. The number of halogens is 4. The molecular formula is C31H30F4O. The minimum Gasteiger partial charge on any atom is -0.490 e. The first-order valence-corrected chi connectivity index (χ1v) is 12.4. The highest BCUT2D eigenvalue weighted by atomic mass is 19.2. The van der Waals surface area contributed by atoms with Gasteiger partial charge in [-0.05, 0) is 59.9 Å². The fourth-order valence-electron chi connectivity index (χ4n) is 4.67. The zero-order chi connectivity index (χ0) is 25.7. The zero-order valence-electron chi connectivity index (χ0n) is 20.4. The second kappa shape index (κ2) is 11.6. The fourth-order valence-corrected chi connectivity index (χ4v) is 4.67. The molecule has 1 aliphatic rings. The molecular weight excluding hydrogens is 464 g/mol. The summed E-state index contributed by atoms with van der Waals surface area (Å²) in [6.07, 6.45) is 9.19. The van der Waals surface area contributed by atoms with Gasteiger partial charge >= 0.3 is 0 Å². The molecule has 4 rings (SSSR count). The lowest BCUT2D eigenvalue weighted by Gasteiger charge is -2.27. The number of rotatable bonds is 8. The Hall–Kier alpha value is -3.34. The second-order valence-corrected chi connectivity index (χ2v) is 9.45. The predicted molar refractivity (Wildman–Crippen MR) is 138 cm³/mol. The molecule has 188 valence electrons. The van der Waals surface area contributed by atoms with Gasteiger partial charge in [-0.2, -0.15) is 4.39 Å². The minimum absolute atomic E-state index is 0.0688. The van der Waals surface area contributed by atoms with Gasteiger partial charge in [0, 0.05) is 11.1 Å². The Morgan fingerprint density at radius 3 is 2.22 bits per heavy atom. The summed E-state index contributed by atoms with van der Waals surface area (Å²) in [4.78, 5) is 0. The maximum atomic E-state index is 14.8. The van der Waals surface area contributed by atoms with Gasteiger partial charge < -0.3 is 4.74 Å². The van der Waals surface area contributed by atoms with Crippen molar-refractivity contribution in [2.45, 2.75) is 44.9 Å². The van der Waals surface area contributed by atoms with Crippen LogP contribution in [0, 0.1) is 29.2 Å². The van der Waals surface area contributed by atoms with Crippen molar-refractivity contribution in [3.05, 3.63) is 101 Å². The second-order valence-electron chi connectivity index (χ2n) is 9.45. The van der Waals surface area contributed by atoms with Gasteiger partial charge in [-0.3, -0.25) is 0 Å². The molecule has 1 aliphatic carbocycles. The van der Waals surface area contributed by atoms with Gasteiger partial charge in [-0.15, -0.1) is 6.58 Å². The van der Waals surface area contributed by atoms with Gasteiger partial charge in [-0.1, -0.05) is 74.4 Å². The van der Waals surface area contributed by atoms with E-state index in [-0.39, 0.29) is 29.4 Å². The van der Waals surface area contributed by atoms with E-state index in [1.807, 2.05) is 0 Å². The van der Waals surface area contributed by atoms with E-state index in [0.29, 0.717) is 29.0 Å². The van der Waals surface area contributed by atoms with Crippen LogP contribution in [-0.4, -0.2) is 6.61 Å². The van der Waals surface area contributed by atoms with Gasteiger partial charge in [0.25, 0.3) is 0 Å². The summed E-state index contributed by atoms with van der Waals surface area (Å²) < 4.78 is 63.9. The predicted octanol–water partition coefficient (Wildman–Crippen LogP) is 9.33. The Kier molecular flexibility index (Phi) is 8.29. The van der Waals surface area contributed by atoms with Crippen LogP contribution in [0.4, 0.5) is 17.6 Å². The third kappa shape index (κ3) is 5.72. The number of hydrogen-bond acceptors (Lipinski definition) is 1. The molecule has 0 radical (unpaired) electrons. The van der Waals surface area contributed by atoms with Crippen molar-refractivity contribution in [2.75, 3.05) is 6.61 Å². The molecule has 0 spiro atoms. The molecule has 36 heavy (non-hydrogen) atoms. The number of benzene rings is 3. The van der Waals surface area contributed by atoms with Crippen molar-refractivity contribution in [3.63, 3.8) is 0 Å². The molecule has 0 amide bonds. The van der Waals surface area contributed by atoms with E-state index in [2.05, 4.69) is 13.5 Å². The van der Waals surface area contributed by atoms with E-state index in [0.717, 1.165) is 25.7 Å². The monoisotopic (exact) mass is 494 g/mol. The van der Waals surface area contributed by atoms with Crippen molar-refractivity contribution >= 4 is 12.2 Å². The molecule has 3 aromatic carbocycles. The van der Waals surface area contributed by atoms with Crippen LogP contribution in [-0.2, 0) is 0 Å². The van der Waals surface area contributed by atoms with Crippen LogP contribution in [0.1, 0.15) is 61.6 Å². The van der Waals surface area contributed by atoms with E-state index in [4.69, 9.17) is 4.74 Å². The highest BCUT2D eigenvalue weighted by Gasteiger charge is 2.24. The van der Waals surface area contributed by atoms with Gasteiger partial charge in [-0.25, -0.2) is 13.2 Å². The van der Waals surface area contributed by atoms with Crippen molar-refractivity contribution in [1.29, 1.82) is 0 Å². The summed E-state index contributed by atoms with van der Waals surface area (Å²) in [5.74, 6) is -3.06. The van der Waals surface area contributed by atoms with Crippen LogP contribution >= 0.6 is 0 Å². The lowest BCUT2D eigenvalue weighted by molar-refractivity contribution is 0.302. The lowest BCUT2D eigenvalue weighted by Crippen LogP contribution is -2.13. The van der Waals surface area contributed by atoms with Crippen LogP contribution in [0.15, 0.2) is 61.2 Å². The molecule has 0 heterocycles. The summed E-state index contributed by atoms with van der Waals surface area (Å²) in [6.45, 7) is 5.98. The normalized spacial score (nSPS) is 17.9. The Bertz CT molecular complexity index is 1240. The largest absolute Gasteiger partial charge is 0.490 e. The molecule has 0 atom stereocenters. The van der Waals surface area contributed by atoms with Crippen LogP contribution in [0.5, 0.6) is 5.75 Å². The summed E-state index contributed by atoms with van der Waals surface area (Å²) in [7, 11) is 0. The summed E-state index contributed by atoms with van der Waals surface area (Å²) in [5.41, 5.74) is 1.95. The lowest BCUT2D eigenvalue weighted by atomic mass is 9.79. The van der Waals surface area contributed by atoms with E-state index < -0.39 is 23.3 Å². The Balaban J connectivity index is 1.48. The topological polar surface area (TPSA) is 9.23 Å². The maximum Gasteiger partial charge on any atom is 0.201 e. The van der Waals surface area contributed by atoms with E-state index >= 15 is 0 Å². The van der Waals surface area contributed by atoms with Gasteiger partial charge in [0.05, 0.1) is 6.61 Å². The molecule has 0 saturated heterocycles. The molecule has 1 saturated carbocycles. The van der Waals surface area contributed by atoms with E-state index in [1.165, 1.54) is 18.2 Å². The fraction of sp³-hybridized carbons (Fsp3) is 0.290. The summed E-state index contributed by atoms with van der Waals surface area (Å²) >= 11 is 0. The molecule has 0 aliphatic heterocycles. The first-order valence-electron chi connectivity index (χ1n) is 12.4. The van der Waals surface area contributed by atoms with Crippen LogP contribution < -0.4 is 4.74 Å². The van der Waals surface area contributed by atoms with Crippen LogP contribution in [0.25, 0.3) is 23.3 Å². The maximum absolute atomic E-state index is 14.8. The Morgan fingerprint density at radius 2 is 1.53 bits per heavy atom. The molecule has 0 N–H and O–H groups in total. The molecule has 3 aromatic rings. The van der Waals surface area contributed by atoms with Crippen molar-refractivity contribution in [1.82, 2.24) is 0 Å². The highest BCUT2D eigenvalue weighted by Crippen LogP contribution is 2.37. The molecule has 0 unspecified atom stereocenters. The third-order valence-corrected chi connectivity index (χ3v) is 6.90. The SMILES string of the molecule is C=CCCOc1ccc(-c2ccc(/C=C/c3ccc(C4CCC(C)CC4)c(F)c3F)cc2)c(F)c1F.